The molecule has 0 atom stereocenters. The van der Waals surface area contributed by atoms with E-state index in [1.165, 1.54) is 0 Å². The molecule has 0 unspecified atom stereocenters. The van der Waals surface area contributed by atoms with E-state index in [1.54, 1.807) is 0 Å². The van der Waals surface area contributed by atoms with Crippen LogP contribution in [0.15, 0.2) is 27.1 Å². The standard InChI is InChI=1S/C11H16Br2N2/c1-15(2)7-3-6-14-9-4-5-10(12)11(13)8-9/h4-5,8,14H,3,6-7H2,1-2H3. The second-order valence-electron chi connectivity index (χ2n) is 3.71. The maximum absolute atomic E-state index is 3.48. The highest BCUT2D eigenvalue weighted by atomic mass is 79.9. The molecular weight excluding hydrogens is 320 g/mol. The van der Waals surface area contributed by atoms with Gasteiger partial charge in [0.2, 0.25) is 0 Å². The van der Waals surface area contributed by atoms with Crippen molar-refractivity contribution in [1.82, 2.24) is 4.90 Å². The smallest absolute Gasteiger partial charge is 0.0352 e. The molecule has 1 aromatic rings. The lowest BCUT2D eigenvalue weighted by Crippen LogP contribution is -2.16. The summed E-state index contributed by atoms with van der Waals surface area (Å²) in [5.41, 5.74) is 1.16. The summed E-state index contributed by atoms with van der Waals surface area (Å²) in [5.74, 6) is 0. The first kappa shape index (κ1) is 13.0. The van der Waals surface area contributed by atoms with Crippen molar-refractivity contribution in [3.8, 4) is 0 Å². The van der Waals surface area contributed by atoms with E-state index >= 15 is 0 Å². The molecule has 0 saturated carbocycles. The molecule has 0 aliphatic rings. The molecule has 0 aliphatic carbocycles. The van der Waals surface area contributed by atoms with Gasteiger partial charge in [0.15, 0.2) is 0 Å². The lowest BCUT2D eigenvalue weighted by atomic mass is 10.3. The lowest BCUT2D eigenvalue weighted by Gasteiger charge is -2.11. The van der Waals surface area contributed by atoms with Crippen LogP contribution in [-0.2, 0) is 0 Å². The van der Waals surface area contributed by atoms with Crippen LogP contribution in [0.5, 0.6) is 0 Å². The van der Waals surface area contributed by atoms with Gasteiger partial charge in [0, 0.05) is 21.2 Å². The monoisotopic (exact) mass is 334 g/mol. The van der Waals surface area contributed by atoms with Crippen LogP contribution in [0.25, 0.3) is 0 Å². The number of rotatable bonds is 5. The van der Waals surface area contributed by atoms with Crippen molar-refractivity contribution in [2.45, 2.75) is 6.42 Å². The van der Waals surface area contributed by atoms with Gasteiger partial charge in [-0.25, -0.2) is 0 Å². The lowest BCUT2D eigenvalue weighted by molar-refractivity contribution is 0.405. The first-order valence-corrected chi connectivity index (χ1v) is 6.52. The van der Waals surface area contributed by atoms with Crippen LogP contribution in [-0.4, -0.2) is 32.1 Å². The molecule has 0 amide bonds. The number of anilines is 1. The largest absolute Gasteiger partial charge is 0.385 e. The molecule has 0 bridgehead atoms. The molecular formula is C11H16Br2N2. The third kappa shape index (κ3) is 5.00. The molecule has 1 rings (SSSR count). The van der Waals surface area contributed by atoms with Crippen molar-refractivity contribution in [1.29, 1.82) is 0 Å². The SMILES string of the molecule is CN(C)CCCNc1ccc(Br)c(Br)c1. The highest BCUT2D eigenvalue weighted by Gasteiger charge is 1.98. The third-order valence-corrected chi connectivity index (χ3v) is 3.91. The number of halogens is 2. The average molecular weight is 336 g/mol. The molecule has 0 aromatic heterocycles. The number of hydrogen-bond acceptors (Lipinski definition) is 2. The minimum atomic E-state index is 1.01. The Morgan fingerprint density at radius 1 is 1.20 bits per heavy atom. The summed E-state index contributed by atoms with van der Waals surface area (Å²) in [7, 11) is 4.19. The Bertz CT molecular complexity index is 313. The van der Waals surface area contributed by atoms with Gasteiger partial charge in [0.25, 0.3) is 0 Å². The van der Waals surface area contributed by atoms with E-state index in [4.69, 9.17) is 0 Å². The van der Waals surface area contributed by atoms with Crippen LogP contribution in [0.3, 0.4) is 0 Å². The third-order valence-electron chi connectivity index (χ3n) is 2.03. The summed E-state index contributed by atoms with van der Waals surface area (Å²) in [4.78, 5) is 2.19. The van der Waals surface area contributed by atoms with Crippen molar-refractivity contribution in [3.05, 3.63) is 27.1 Å². The zero-order chi connectivity index (χ0) is 11.3. The van der Waals surface area contributed by atoms with Gasteiger partial charge in [-0.2, -0.15) is 0 Å². The van der Waals surface area contributed by atoms with E-state index in [2.05, 4.69) is 68.3 Å². The highest BCUT2D eigenvalue weighted by molar-refractivity contribution is 9.13. The molecule has 84 valence electrons. The van der Waals surface area contributed by atoms with Crippen molar-refractivity contribution < 1.29 is 0 Å². The van der Waals surface area contributed by atoms with Crippen molar-refractivity contribution in [2.24, 2.45) is 0 Å². The summed E-state index contributed by atoms with van der Waals surface area (Å²) >= 11 is 6.93. The van der Waals surface area contributed by atoms with Crippen molar-refractivity contribution in [2.75, 3.05) is 32.5 Å². The van der Waals surface area contributed by atoms with Gasteiger partial charge < -0.3 is 10.2 Å². The zero-order valence-electron chi connectivity index (χ0n) is 9.06. The summed E-state index contributed by atoms with van der Waals surface area (Å²) in [6.45, 7) is 2.12. The first-order chi connectivity index (χ1) is 7.09. The number of nitrogens with one attached hydrogen (secondary N) is 1. The van der Waals surface area contributed by atoms with Gasteiger partial charge in [-0.15, -0.1) is 0 Å². The topological polar surface area (TPSA) is 15.3 Å². The van der Waals surface area contributed by atoms with E-state index < -0.39 is 0 Å². The Morgan fingerprint density at radius 2 is 1.93 bits per heavy atom. The molecule has 0 spiro atoms. The fourth-order valence-corrected chi connectivity index (χ4v) is 1.86. The first-order valence-electron chi connectivity index (χ1n) is 4.93. The summed E-state index contributed by atoms with van der Waals surface area (Å²) in [5, 5.41) is 3.39. The Labute approximate surface area is 108 Å². The van der Waals surface area contributed by atoms with Gasteiger partial charge in [0.1, 0.15) is 0 Å². The maximum atomic E-state index is 3.48. The highest BCUT2D eigenvalue weighted by Crippen LogP contribution is 2.25. The van der Waals surface area contributed by atoms with Crippen LogP contribution >= 0.6 is 31.9 Å². The Kier molecular flexibility index (Phi) is 5.64. The normalized spacial score (nSPS) is 10.7. The molecule has 15 heavy (non-hydrogen) atoms. The number of nitrogens with zero attached hydrogens (tertiary/aromatic N) is 1. The van der Waals surface area contributed by atoms with Gasteiger partial charge in [0.05, 0.1) is 0 Å². The van der Waals surface area contributed by atoms with E-state index in [0.717, 1.165) is 34.1 Å². The quantitative estimate of drug-likeness (QED) is 0.827. The van der Waals surface area contributed by atoms with Crippen LogP contribution in [0, 0.1) is 0 Å². The summed E-state index contributed by atoms with van der Waals surface area (Å²) in [6.07, 6.45) is 1.15. The second-order valence-corrected chi connectivity index (χ2v) is 5.42. The predicted molar refractivity (Wildman–Crippen MR) is 73.5 cm³/mol. The Balaban J connectivity index is 2.35. The van der Waals surface area contributed by atoms with Crippen molar-refractivity contribution in [3.63, 3.8) is 0 Å². The molecule has 4 heteroatoms. The van der Waals surface area contributed by atoms with Gasteiger partial charge in [-0.05, 0) is 77.1 Å². The van der Waals surface area contributed by atoms with Crippen LogP contribution in [0.2, 0.25) is 0 Å². The van der Waals surface area contributed by atoms with E-state index in [1.807, 2.05) is 6.07 Å². The minimum Gasteiger partial charge on any atom is -0.385 e. The predicted octanol–water partition coefficient (Wildman–Crippen LogP) is 3.58. The van der Waals surface area contributed by atoms with Gasteiger partial charge >= 0.3 is 0 Å². The van der Waals surface area contributed by atoms with Gasteiger partial charge in [-0.3, -0.25) is 0 Å². The molecule has 0 aliphatic heterocycles. The fraction of sp³-hybridized carbons (Fsp3) is 0.455. The van der Waals surface area contributed by atoms with Crippen LogP contribution < -0.4 is 5.32 Å². The summed E-state index contributed by atoms with van der Waals surface area (Å²) in [6, 6.07) is 6.20. The number of hydrogen-bond donors (Lipinski definition) is 1. The van der Waals surface area contributed by atoms with Gasteiger partial charge in [-0.1, -0.05) is 0 Å². The van der Waals surface area contributed by atoms with E-state index in [-0.39, 0.29) is 0 Å². The molecule has 2 nitrogen and oxygen atoms in total. The van der Waals surface area contributed by atoms with Crippen LogP contribution in [0.4, 0.5) is 5.69 Å². The molecule has 0 fully saturated rings. The fourth-order valence-electron chi connectivity index (χ4n) is 1.23. The van der Waals surface area contributed by atoms with Crippen molar-refractivity contribution >= 4 is 37.5 Å². The minimum absolute atomic E-state index is 1.01. The Hall–Kier alpha value is -0.0600. The van der Waals surface area contributed by atoms with Crippen LogP contribution in [0.1, 0.15) is 6.42 Å². The molecule has 0 saturated heterocycles. The second kappa shape index (κ2) is 6.51. The summed E-state index contributed by atoms with van der Waals surface area (Å²) < 4.78 is 2.17. The maximum Gasteiger partial charge on any atom is 0.0352 e. The molecule has 0 radical (unpaired) electrons. The molecule has 0 heterocycles. The van der Waals surface area contributed by atoms with E-state index in [0.29, 0.717) is 0 Å². The zero-order valence-corrected chi connectivity index (χ0v) is 12.2. The molecule has 1 N–H and O–H groups in total. The van der Waals surface area contributed by atoms with E-state index in [9.17, 15) is 0 Å². The molecule has 1 aromatic carbocycles. The number of benzene rings is 1. The Morgan fingerprint density at radius 3 is 2.53 bits per heavy atom. The average Bonchev–Trinajstić information content (AvgIpc) is 2.18.